The van der Waals surface area contributed by atoms with Gasteiger partial charge in [-0.2, -0.15) is 0 Å². The van der Waals surface area contributed by atoms with Crippen LogP contribution in [0.15, 0.2) is 53.4 Å². The van der Waals surface area contributed by atoms with E-state index in [2.05, 4.69) is 27.5 Å². The van der Waals surface area contributed by atoms with Gasteiger partial charge in [-0.3, -0.25) is 4.79 Å². The number of hydrogen-bond acceptors (Lipinski definition) is 5. The topological polar surface area (TPSA) is 90.5 Å². The average Bonchev–Trinajstić information content (AvgIpc) is 2.89. The zero-order chi connectivity index (χ0) is 23.5. The molecule has 1 atom stereocenters. The zero-order valence-electron chi connectivity index (χ0n) is 19.5. The lowest BCUT2D eigenvalue weighted by atomic mass is 9.85. The summed E-state index contributed by atoms with van der Waals surface area (Å²) < 4.78 is 29.0. The molecule has 2 aliphatic heterocycles. The minimum Gasteiger partial charge on any atom is -0.385 e. The average molecular weight is 483 g/mol. The number of nitrogens with zero attached hydrogens (tertiary/aromatic N) is 1. The summed E-state index contributed by atoms with van der Waals surface area (Å²) in [7, 11) is -3.59. The number of nitrogens with one attached hydrogen (secondary N) is 3. The Morgan fingerprint density at radius 1 is 1.00 bits per heavy atom. The first kappa shape index (κ1) is 23.3. The molecule has 5 rings (SSSR count). The van der Waals surface area contributed by atoms with Crippen molar-refractivity contribution in [2.24, 2.45) is 5.92 Å². The Kier molecular flexibility index (Phi) is 6.90. The van der Waals surface area contributed by atoms with Crippen molar-refractivity contribution in [3.05, 3.63) is 59.7 Å². The van der Waals surface area contributed by atoms with Crippen molar-refractivity contribution in [2.75, 3.05) is 31.5 Å². The Bertz CT molecular complexity index is 1110. The molecule has 0 aromatic heterocycles. The third-order valence-corrected chi connectivity index (χ3v) is 8.96. The lowest BCUT2D eigenvalue weighted by molar-refractivity contribution is -0.140. The first-order chi connectivity index (χ1) is 16.5. The van der Waals surface area contributed by atoms with Crippen LogP contribution >= 0.6 is 0 Å². The van der Waals surface area contributed by atoms with E-state index in [4.69, 9.17) is 0 Å². The van der Waals surface area contributed by atoms with Gasteiger partial charge in [0.2, 0.25) is 15.9 Å². The van der Waals surface area contributed by atoms with Crippen LogP contribution in [0, 0.1) is 5.92 Å². The molecule has 3 aliphatic rings. The summed E-state index contributed by atoms with van der Waals surface area (Å²) >= 11 is 0. The summed E-state index contributed by atoms with van der Waals surface area (Å²) in [5, 5.41) is 6.72. The van der Waals surface area contributed by atoms with E-state index in [0.29, 0.717) is 37.1 Å². The SMILES string of the molecule is O=C([C@H]1CC[C@H](NS(=O)(=O)c2ccc3c(c2)NCCC3)CC1)N1CCNCC1c1ccccc1. The first-order valence-electron chi connectivity index (χ1n) is 12.5. The monoisotopic (exact) mass is 482 g/mol. The molecule has 1 unspecified atom stereocenters. The Labute approximate surface area is 202 Å². The fraction of sp³-hybridized carbons (Fsp3) is 0.500. The number of fused-ring (bicyclic) bond motifs is 1. The van der Waals surface area contributed by atoms with Gasteiger partial charge in [0.05, 0.1) is 10.9 Å². The van der Waals surface area contributed by atoms with E-state index in [0.717, 1.165) is 43.7 Å². The van der Waals surface area contributed by atoms with Crippen LogP contribution in [0.3, 0.4) is 0 Å². The number of hydrogen-bond donors (Lipinski definition) is 3. The van der Waals surface area contributed by atoms with Gasteiger partial charge in [0.15, 0.2) is 0 Å². The summed E-state index contributed by atoms with van der Waals surface area (Å²) in [6, 6.07) is 15.5. The van der Waals surface area contributed by atoms with E-state index in [9.17, 15) is 13.2 Å². The predicted octanol–water partition coefficient (Wildman–Crippen LogP) is 3.05. The smallest absolute Gasteiger partial charge is 0.240 e. The van der Waals surface area contributed by atoms with E-state index in [1.807, 2.05) is 29.2 Å². The van der Waals surface area contributed by atoms with Crippen LogP contribution in [0.2, 0.25) is 0 Å². The normalized spacial score (nSPS) is 25.3. The predicted molar refractivity (Wildman–Crippen MR) is 133 cm³/mol. The molecule has 2 heterocycles. The molecule has 182 valence electrons. The highest BCUT2D eigenvalue weighted by Crippen LogP contribution is 2.32. The van der Waals surface area contributed by atoms with E-state index in [1.54, 1.807) is 12.1 Å². The molecule has 34 heavy (non-hydrogen) atoms. The fourth-order valence-corrected chi connectivity index (χ4v) is 6.86. The number of rotatable bonds is 5. The largest absolute Gasteiger partial charge is 0.385 e. The molecule has 1 amide bonds. The third kappa shape index (κ3) is 4.99. The molecule has 0 bridgehead atoms. The van der Waals surface area contributed by atoms with Gasteiger partial charge >= 0.3 is 0 Å². The van der Waals surface area contributed by atoms with Crippen molar-refractivity contribution in [1.29, 1.82) is 0 Å². The number of anilines is 1. The minimum atomic E-state index is -3.59. The molecule has 1 saturated carbocycles. The third-order valence-electron chi connectivity index (χ3n) is 7.44. The summed E-state index contributed by atoms with van der Waals surface area (Å²) in [5.74, 6) is 0.162. The Balaban J connectivity index is 1.20. The minimum absolute atomic E-state index is 0.0435. The second-order valence-electron chi connectivity index (χ2n) is 9.68. The van der Waals surface area contributed by atoms with Gasteiger partial charge in [0, 0.05) is 43.8 Å². The number of benzene rings is 2. The van der Waals surface area contributed by atoms with Gasteiger partial charge < -0.3 is 15.5 Å². The Morgan fingerprint density at radius 3 is 2.59 bits per heavy atom. The van der Waals surface area contributed by atoms with Crippen molar-refractivity contribution < 1.29 is 13.2 Å². The molecule has 2 fully saturated rings. The van der Waals surface area contributed by atoms with Crippen LogP contribution in [0.5, 0.6) is 0 Å². The van der Waals surface area contributed by atoms with Crippen LogP contribution in [0.1, 0.15) is 49.3 Å². The van der Waals surface area contributed by atoms with Gasteiger partial charge in [-0.25, -0.2) is 13.1 Å². The highest BCUT2D eigenvalue weighted by molar-refractivity contribution is 7.89. The number of carbonyl (C=O) groups excluding carboxylic acids is 1. The van der Waals surface area contributed by atoms with Crippen LogP contribution in [-0.4, -0.2) is 51.4 Å². The van der Waals surface area contributed by atoms with Crippen molar-refractivity contribution in [1.82, 2.24) is 14.9 Å². The molecule has 0 spiro atoms. The highest BCUT2D eigenvalue weighted by Gasteiger charge is 2.35. The molecular formula is C26H34N4O3S. The van der Waals surface area contributed by atoms with Crippen LogP contribution in [-0.2, 0) is 21.2 Å². The molecule has 1 aliphatic carbocycles. The van der Waals surface area contributed by atoms with E-state index < -0.39 is 10.0 Å². The van der Waals surface area contributed by atoms with E-state index in [1.165, 1.54) is 5.56 Å². The quantitative estimate of drug-likeness (QED) is 0.609. The van der Waals surface area contributed by atoms with E-state index in [-0.39, 0.29) is 23.9 Å². The van der Waals surface area contributed by atoms with Gasteiger partial charge in [-0.15, -0.1) is 0 Å². The maximum absolute atomic E-state index is 13.4. The highest BCUT2D eigenvalue weighted by atomic mass is 32.2. The maximum atomic E-state index is 13.4. The number of amides is 1. The van der Waals surface area contributed by atoms with Gasteiger partial charge in [-0.05, 0) is 61.8 Å². The fourth-order valence-electron chi connectivity index (χ4n) is 5.53. The van der Waals surface area contributed by atoms with Crippen molar-refractivity contribution in [3.8, 4) is 0 Å². The lowest BCUT2D eigenvalue weighted by Crippen LogP contribution is -2.51. The van der Waals surface area contributed by atoms with Crippen LogP contribution in [0.4, 0.5) is 5.69 Å². The standard InChI is InChI=1S/C26H34N4O3S/c31-26(30-16-15-27-18-25(30)20-5-2-1-3-6-20)21-8-11-22(12-9-21)29-34(32,33)23-13-10-19-7-4-14-28-24(19)17-23/h1-3,5-6,10,13,17,21-22,25,27-29H,4,7-9,11-12,14-16,18H2/t21-,22-,25?. The number of sulfonamides is 1. The summed E-state index contributed by atoms with van der Waals surface area (Å²) in [5.41, 5.74) is 3.25. The van der Waals surface area contributed by atoms with Crippen LogP contribution in [0.25, 0.3) is 0 Å². The molecule has 7 nitrogen and oxygen atoms in total. The molecular weight excluding hydrogens is 448 g/mol. The first-order valence-corrected chi connectivity index (χ1v) is 13.9. The molecule has 2 aromatic carbocycles. The van der Waals surface area contributed by atoms with Gasteiger partial charge in [-0.1, -0.05) is 36.4 Å². The van der Waals surface area contributed by atoms with Crippen molar-refractivity contribution in [2.45, 2.75) is 55.5 Å². The van der Waals surface area contributed by atoms with Crippen LogP contribution < -0.4 is 15.4 Å². The summed E-state index contributed by atoms with van der Waals surface area (Å²) in [6.45, 7) is 3.15. The number of aryl methyl sites for hydroxylation is 1. The van der Waals surface area contributed by atoms with Crippen molar-refractivity contribution in [3.63, 3.8) is 0 Å². The van der Waals surface area contributed by atoms with Crippen molar-refractivity contribution >= 4 is 21.6 Å². The summed E-state index contributed by atoms with van der Waals surface area (Å²) in [6.07, 6.45) is 4.83. The van der Waals surface area contributed by atoms with Gasteiger partial charge in [0.25, 0.3) is 0 Å². The summed E-state index contributed by atoms with van der Waals surface area (Å²) in [4.78, 5) is 15.8. The second-order valence-corrected chi connectivity index (χ2v) is 11.4. The molecule has 8 heteroatoms. The molecule has 1 saturated heterocycles. The van der Waals surface area contributed by atoms with Gasteiger partial charge in [0.1, 0.15) is 0 Å². The molecule has 2 aromatic rings. The number of carbonyl (C=O) groups is 1. The lowest BCUT2D eigenvalue weighted by Gasteiger charge is -2.40. The van der Waals surface area contributed by atoms with E-state index >= 15 is 0 Å². The molecule has 0 radical (unpaired) electrons. The Hall–Kier alpha value is -2.42. The number of piperazine rings is 1. The Morgan fingerprint density at radius 2 is 1.79 bits per heavy atom. The molecule has 3 N–H and O–H groups in total. The maximum Gasteiger partial charge on any atom is 0.240 e. The zero-order valence-corrected chi connectivity index (χ0v) is 20.3. The second kappa shape index (κ2) is 10.1.